The normalized spacial score (nSPS) is 16.7. The van der Waals surface area contributed by atoms with Crippen LogP contribution in [-0.4, -0.2) is 50.3 Å². The summed E-state index contributed by atoms with van der Waals surface area (Å²) in [7, 11) is 0. The van der Waals surface area contributed by atoms with Crippen molar-refractivity contribution in [2.75, 3.05) is 24.6 Å². The number of fused-ring (bicyclic) bond motifs is 1. The maximum atomic E-state index is 14.3. The van der Waals surface area contributed by atoms with Gasteiger partial charge in [0, 0.05) is 18.7 Å². The van der Waals surface area contributed by atoms with Crippen LogP contribution >= 0.6 is 0 Å². The molecule has 1 unspecified atom stereocenters. The number of nitrogens with zero attached hydrogens (tertiary/aromatic N) is 5. The molecule has 0 bridgehead atoms. The van der Waals surface area contributed by atoms with Gasteiger partial charge in [-0.3, -0.25) is 4.79 Å². The van der Waals surface area contributed by atoms with Crippen molar-refractivity contribution in [1.29, 1.82) is 0 Å². The Morgan fingerprint density at radius 1 is 1.36 bits per heavy atom. The molecule has 0 spiro atoms. The van der Waals surface area contributed by atoms with E-state index >= 15 is 0 Å². The van der Waals surface area contributed by atoms with Crippen LogP contribution in [-0.2, 0) is 0 Å². The number of aliphatic hydroxyl groups excluding tert-OH is 1. The van der Waals surface area contributed by atoms with Crippen LogP contribution in [0.25, 0.3) is 5.65 Å². The van der Waals surface area contributed by atoms with Crippen molar-refractivity contribution in [3.8, 4) is 0 Å². The van der Waals surface area contributed by atoms with Crippen LogP contribution in [0.5, 0.6) is 0 Å². The molecule has 1 aliphatic heterocycles. The van der Waals surface area contributed by atoms with Crippen LogP contribution in [0.1, 0.15) is 34.8 Å². The molecule has 3 aromatic rings. The summed E-state index contributed by atoms with van der Waals surface area (Å²) in [5.74, 6) is -1.08. The zero-order valence-electron chi connectivity index (χ0n) is 14.8. The number of rotatable bonds is 5. The van der Waals surface area contributed by atoms with Crippen LogP contribution < -0.4 is 10.2 Å². The average molecular weight is 388 g/mol. The van der Waals surface area contributed by atoms with Crippen LogP contribution in [0.3, 0.4) is 0 Å². The Bertz CT molecular complexity index is 1020. The van der Waals surface area contributed by atoms with Crippen molar-refractivity contribution < 1.29 is 18.7 Å². The maximum Gasteiger partial charge on any atom is 0.256 e. The van der Waals surface area contributed by atoms with E-state index in [-0.39, 0.29) is 24.3 Å². The topological polar surface area (TPSA) is 95.6 Å². The fraction of sp³-hybridized carbons (Fsp3) is 0.333. The van der Waals surface area contributed by atoms with Crippen molar-refractivity contribution in [3.05, 3.63) is 53.5 Å². The monoisotopic (exact) mass is 388 g/mol. The minimum atomic E-state index is -0.502. The van der Waals surface area contributed by atoms with Gasteiger partial charge in [-0.1, -0.05) is 0 Å². The minimum absolute atomic E-state index is 0.112. The number of carbonyl (C=O) groups excluding carboxylic acids is 1. The van der Waals surface area contributed by atoms with Crippen molar-refractivity contribution in [2.45, 2.75) is 18.9 Å². The van der Waals surface area contributed by atoms with Gasteiger partial charge >= 0.3 is 0 Å². The molecule has 8 nitrogen and oxygen atoms in total. The van der Waals surface area contributed by atoms with Crippen molar-refractivity contribution in [3.63, 3.8) is 0 Å². The van der Waals surface area contributed by atoms with Gasteiger partial charge in [-0.05, 0) is 31.0 Å². The van der Waals surface area contributed by atoms with E-state index in [1.165, 1.54) is 23.1 Å². The number of aromatic nitrogens is 4. The molecule has 1 fully saturated rings. The summed E-state index contributed by atoms with van der Waals surface area (Å²) in [6.07, 6.45) is 4.21. The zero-order chi connectivity index (χ0) is 19.7. The van der Waals surface area contributed by atoms with E-state index in [0.29, 0.717) is 24.6 Å². The van der Waals surface area contributed by atoms with Crippen LogP contribution in [0, 0.1) is 11.6 Å². The van der Waals surface area contributed by atoms with E-state index in [1.807, 2.05) is 0 Å². The summed E-state index contributed by atoms with van der Waals surface area (Å²) in [6.45, 7) is 0.512. The largest absolute Gasteiger partial charge is 0.395 e. The summed E-state index contributed by atoms with van der Waals surface area (Å²) in [4.78, 5) is 22.8. The Hall–Kier alpha value is -3.14. The van der Waals surface area contributed by atoms with E-state index in [9.17, 15) is 13.6 Å². The number of halogens is 2. The third-order valence-electron chi connectivity index (χ3n) is 4.73. The van der Waals surface area contributed by atoms with Crippen LogP contribution in [0.2, 0.25) is 0 Å². The lowest BCUT2D eigenvalue weighted by Gasteiger charge is -2.25. The number of aliphatic hydroxyl groups is 1. The van der Waals surface area contributed by atoms with Crippen LogP contribution in [0.15, 0.2) is 30.7 Å². The molecule has 0 aliphatic carbocycles. The molecule has 0 saturated carbocycles. The first-order chi connectivity index (χ1) is 13.6. The highest BCUT2D eigenvalue weighted by Crippen LogP contribution is 2.36. The first kappa shape index (κ1) is 18.2. The Kier molecular flexibility index (Phi) is 4.86. The number of benzene rings is 1. The SMILES string of the molecule is O=C(NCCO)c1cnn2cnc(N3CCCC3c3cc(F)ccc3F)nc12. The lowest BCUT2D eigenvalue weighted by atomic mass is 10.0. The summed E-state index contributed by atoms with van der Waals surface area (Å²) in [5.41, 5.74) is 0.797. The third kappa shape index (κ3) is 3.26. The number of carbonyl (C=O) groups is 1. The predicted octanol–water partition coefficient (Wildman–Crippen LogP) is 1.47. The molecular formula is C18H18F2N6O2. The Balaban J connectivity index is 1.70. The van der Waals surface area contributed by atoms with Gasteiger partial charge in [-0.15, -0.1) is 0 Å². The quantitative estimate of drug-likeness (QED) is 0.687. The molecule has 3 heterocycles. The first-order valence-corrected chi connectivity index (χ1v) is 8.89. The van der Waals surface area contributed by atoms with Gasteiger partial charge in [0.25, 0.3) is 5.91 Å². The predicted molar refractivity (Wildman–Crippen MR) is 95.9 cm³/mol. The highest BCUT2D eigenvalue weighted by molar-refractivity contribution is 5.99. The Morgan fingerprint density at radius 3 is 3.04 bits per heavy atom. The van der Waals surface area contributed by atoms with Gasteiger partial charge in [0.2, 0.25) is 5.95 Å². The van der Waals surface area contributed by atoms with E-state index in [0.717, 1.165) is 18.6 Å². The van der Waals surface area contributed by atoms with Crippen molar-refractivity contribution in [2.24, 2.45) is 0 Å². The second kappa shape index (κ2) is 7.47. The summed E-state index contributed by atoms with van der Waals surface area (Å²) in [6, 6.07) is 3.01. The smallest absolute Gasteiger partial charge is 0.256 e. The minimum Gasteiger partial charge on any atom is -0.395 e. The highest BCUT2D eigenvalue weighted by Gasteiger charge is 2.31. The molecule has 1 aromatic carbocycles. The van der Waals surface area contributed by atoms with Gasteiger partial charge in [0.1, 0.15) is 23.5 Å². The average Bonchev–Trinajstić information content (AvgIpc) is 3.34. The second-order valence-electron chi connectivity index (χ2n) is 6.48. The van der Waals surface area contributed by atoms with Crippen molar-refractivity contribution >= 4 is 17.5 Å². The molecule has 1 atom stereocenters. The van der Waals surface area contributed by atoms with Gasteiger partial charge < -0.3 is 15.3 Å². The molecule has 2 N–H and O–H groups in total. The second-order valence-corrected chi connectivity index (χ2v) is 6.48. The summed E-state index contributed by atoms with van der Waals surface area (Å²) < 4.78 is 29.3. The number of amides is 1. The molecule has 1 amide bonds. The first-order valence-electron chi connectivity index (χ1n) is 8.89. The molecule has 0 radical (unpaired) electrons. The standard InChI is InChI=1S/C18H18F2N6O2/c19-11-3-4-14(20)12(8-11)15-2-1-6-25(15)18-22-10-26-16(24-18)13(9-23-26)17(28)21-5-7-27/h3-4,8-10,15,27H,1-2,5-7H2,(H,21,28). The molecule has 4 rings (SSSR count). The highest BCUT2D eigenvalue weighted by atomic mass is 19.1. The van der Waals surface area contributed by atoms with E-state index in [4.69, 9.17) is 5.11 Å². The fourth-order valence-electron chi connectivity index (χ4n) is 3.44. The van der Waals surface area contributed by atoms with E-state index in [2.05, 4.69) is 20.4 Å². The van der Waals surface area contributed by atoms with Gasteiger partial charge in [-0.25, -0.2) is 18.3 Å². The molecule has 1 saturated heterocycles. The van der Waals surface area contributed by atoms with Crippen LogP contribution in [0.4, 0.5) is 14.7 Å². The Labute approximate surface area is 158 Å². The summed E-state index contributed by atoms with van der Waals surface area (Å²) in [5, 5.41) is 15.5. The number of hydrogen-bond donors (Lipinski definition) is 2. The molecule has 28 heavy (non-hydrogen) atoms. The molecule has 1 aliphatic rings. The van der Waals surface area contributed by atoms with Crippen molar-refractivity contribution in [1.82, 2.24) is 24.9 Å². The van der Waals surface area contributed by atoms with Gasteiger partial charge in [-0.2, -0.15) is 10.1 Å². The molecule has 2 aromatic heterocycles. The van der Waals surface area contributed by atoms with E-state index in [1.54, 1.807) is 4.90 Å². The number of nitrogens with one attached hydrogen (secondary N) is 1. The van der Waals surface area contributed by atoms with E-state index < -0.39 is 23.6 Å². The zero-order valence-corrected chi connectivity index (χ0v) is 14.8. The number of hydrogen-bond acceptors (Lipinski definition) is 6. The molecule has 146 valence electrons. The number of anilines is 1. The fourth-order valence-corrected chi connectivity index (χ4v) is 3.44. The molecular weight excluding hydrogens is 370 g/mol. The Morgan fingerprint density at radius 2 is 2.21 bits per heavy atom. The van der Waals surface area contributed by atoms with Gasteiger partial charge in [0.05, 0.1) is 18.8 Å². The van der Waals surface area contributed by atoms with Gasteiger partial charge in [0.15, 0.2) is 5.65 Å². The maximum absolute atomic E-state index is 14.3. The summed E-state index contributed by atoms with van der Waals surface area (Å²) >= 11 is 0. The lowest BCUT2D eigenvalue weighted by Crippen LogP contribution is -2.27. The third-order valence-corrected chi connectivity index (χ3v) is 4.73. The lowest BCUT2D eigenvalue weighted by molar-refractivity contribution is 0.0946. The molecule has 10 heteroatoms.